The van der Waals surface area contributed by atoms with Crippen LogP contribution in [0.4, 0.5) is 0 Å². The Hall–Kier alpha value is -0.750. The van der Waals surface area contributed by atoms with Gasteiger partial charge in [-0.15, -0.1) is 11.8 Å². The van der Waals surface area contributed by atoms with Crippen molar-refractivity contribution in [1.82, 2.24) is 4.90 Å². The lowest BCUT2D eigenvalue weighted by Crippen LogP contribution is -2.47. The van der Waals surface area contributed by atoms with Crippen LogP contribution in [-0.2, 0) is 9.59 Å². The van der Waals surface area contributed by atoms with Gasteiger partial charge >= 0.3 is 5.97 Å². The van der Waals surface area contributed by atoms with Crippen LogP contribution in [0.1, 0.15) is 40.0 Å². The molecule has 20 heavy (non-hydrogen) atoms. The fraction of sp³-hybridized carbons (Fsp3) is 0.857. The van der Waals surface area contributed by atoms with E-state index in [2.05, 4.69) is 6.92 Å². The van der Waals surface area contributed by atoms with Crippen molar-refractivity contribution in [2.75, 3.05) is 12.3 Å². The second-order valence-electron chi connectivity index (χ2n) is 5.84. The number of rotatable bonds is 7. The Labute approximate surface area is 125 Å². The first-order valence-electron chi connectivity index (χ1n) is 7.24. The maximum atomic E-state index is 12.4. The van der Waals surface area contributed by atoms with Crippen LogP contribution in [0.5, 0.6) is 0 Å². The van der Waals surface area contributed by atoms with E-state index in [1.165, 1.54) is 0 Å². The van der Waals surface area contributed by atoms with Gasteiger partial charge in [-0.3, -0.25) is 4.79 Å². The van der Waals surface area contributed by atoms with Gasteiger partial charge in [0, 0.05) is 12.2 Å². The molecule has 0 spiro atoms. The van der Waals surface area contributed by atoms with Gasteiger partial charge in [-0.1, -0.05) is 20.8 Å². The zero-order chi connectivity index (χ0) is 15.3. The Bertz CT molecular complexity index is 349. The average Bonchev–Trinajstić information content (AvgIpc) is 2.81. The summed E-state index contributed by atoms with van der Waals surface area (Å²) in [7, 11) is 0. The van der Waals surface area contributed by atoms with E-state index in [4.69, 9.17) is 5.73 Å². The Balaban J connectivity index is 2.67. The lowest BCUT2D eigenvalue weighted by atomic mass is 10.0. The summed E-state index contributed by atoms with van der Waals surface area (Å²) in [6.45, 7) is 6.76. The molecule has 5 nitrogen and oxygen atoms in total. The van der Waals surface area contributed by atoms with Crippen LogP contribution in [0.25, 0.3) is 0 Å². The molecule has 3 N–H and O–H groups in total. The van der Waals surface area contributed by atoms with Crippen LogP contribution >= 0.6 is 11.8 Å². The molecule has 6 heteroatoms. The number of carbonyl (C=O) groups excluding carboxylic acids is 1. The highest BCUT2D eigenvalue weighted by Gasteiger charge is 2.42. The van der Waals surface area contributed by atoms with Gasteiger partial charge in [0.15, 0.2) is 0 Å². The molecule has 1 aliphatic heterocycles. The van der Waals surface area contributed by atoms with Gasteiger partial charge in [0.2, 0.25) is 5.91 Å². The summed E-state index contributed by atoms with van der Waals surface area (Å²) in [4.78, 5) is 25.3. The van der Waals surface area contributed by atoms with Crippen LogP contribution in [-0.4, -0.2) is 45.6 Å². The fourth-order valence-electron chi connectivity index (χ4n) is 2.48. The number of amides is 1. The Morgan fingerprint density at radius 2 is 2.00 bits per heavy atom. The molecule has 1 saturated heterocycles. The Kier molecular flexibility index (Phi) is 6.82. The molecule has 0 aromatic rings. The topological polar surface area (TPSA) is 83.6 Å². The zero-order valence-corrected chi connectivity index (χ0v) is 13.4. The monoisotopic (exact) mass is 302 g/mol. The molecular formula is C14H26N2O3S. The van der Waals surface area contributed by atoms with Crippen molar-refractivity contribution in [3.05, 3.63) is 0 Å². The quantitative estimate of drug-likeness (QED) is 0.748. The van der Waals surface area contributed by atoms with Crippen LogP contribution in [0.3, 0.4) is 0 Å². The van der Waals surface area contributed by atoms with E-state index >= 15 is 0 Å². The van der Waals surface area contributed by atoms with Crippen molar-refractivity contribution in [3.63, 3.8) is 0 Å². The Morgan fingerprint density at radius 3 is 2.50 bits per heavy atom. The summed E-state index contributed by atoms with van der Waals surface area (Å²) in [5, 5.41) is 9.25. The number of hydrogen-bond acceptors (Lipinski definition) is 4. The van der Waals surface area contributed by atoms with Gasteiger partial charge in [-0.25, -0.2) is 4.79 Å². The first-order chi connectivity index (χ1) is 9.38. The van der Waals surface area contributed by atoms with Crippen molar-refractivity contribution in [1.29, 1.82) is 0 Å². The average molecular weight is 302 g/mol. The smallest absolute Gasteiger partial charge is 0.327 e. The van der Waals surface area contributed by atoms with Crippen molar-refractivity contribution >= 4 is 23.6 Å². The molecule has 0 aliphatic carbocycles. The third-order valence-corrected chi connectivity index (χ3v) is 5.31. The van der Waals surface area contributed by atoms with E-state index in [0.717, 1.165) is 12.8 Å². The number of aliphatic carboxylic acids is 1. The summed E-state index contributed by atoms with van der Waals surface area (Å²) in [5.74, 6) is 0.214. The molecule has 0 aromatic heterocycles. The van der Waals surface area contributed by atoms with Gasteiger partial charge < -0.3 is 15.7 Å². The maximum Gasteiger partial charge on any atom is 0.327 e. The van der Waals surface area contributed by atoms with E-state index in [0.29, 0.717) is 24.6 Å². The number of hydrogen-bond donors (Lipinski definition) is 2. The number of thioether (sulfide) groups is 1. The highest BCUT2D eigenvalue weighted by Crippen LogP contribution is 2.34. The summed E-state index contributed by atoms with van der Waals surface area (Å²) in [5.41, 5.74) is 5.51. The number of carbonyl (C=O) groups is 2. The second-order valence-corrected chi connectivity index (χ2v) is 6.99. The second kappa shape index (κ2) is 7.88. The lowest BCUT2D eigenvalue weighted by molar-refractivity contribution is -0.149. The molecule has 1 aliphatic rings. The van der Waals surface area contributed by atoms with E-state index in [-0.39, 0.29) is 17.2 Å². The van der Waals surface area contributed by atoms with Crippen LogP contribution < -0.4 is 5.73 Å². The van der Waals surface area contributed by atoms with Gasteiger partial charge in [0.1, 0.15) is 6.04 Å². The first kappa shape index (κ1) is 17.3. The molecule has 1 rings (SSSR count). The van der Waals surface area contributed by atoms with E-state index in [1.54, 1.807) is 16.7 Å². The molecule has 0 radical (unpaired) electrons. The molecule has 116 valence electrons. The van der Waals surface area contributed by atoms with Crippen molar-refractivity contribution in [2.24, 2.45) is 17.6 Å². The first-order valence-corrected chi connectivity index (χ1v) is 8.29. The maximum absolute atomic E-state index is 12.4. The number of nitrogens with zero attached hydrogens (tertiary/aromatic N) is 1. The van der Waals surface area contributed by atoms with Crippen LogP contribution in [0.15, 0.2) is 0 Å². The van der Waals surface area contributed by atoms with Crippen molar-refractivity contribution in [2.45, 2.75) is 51.4 Å². The molecule has 0 bridgehead atoms. The minimum Gasteiger partial charge on any atom is -0.480 e. The SMILES string of the molecule is CC(CCN)CCC(=O)N1C(C(=O)O)CSC1C(C)C. The van der Waals surface area contributed by atoms with Crippen LogP contribution in [0, 0.1) is 11.8 Å². The van der Waals surface area contributed by atoms with Crippen LogP contribution in [0.2, 0.25) is 0 Å². The summed E-state index contributed by atoms with van der Waals surface area (Å²) in [6.07, 6.45) is 2.08. The predicted molar refractivity (Wildman–Crippen MR) is 81.4 cm³/mol. The highest BCUT2D eigenvalue weighted by molar-refractivity contribution is 8.00. The molecule has 1 heterocycles. The van der Waals surface area contributed by atoms with Gasteiger partial charge in [-0.05, 0) is 31.2 Å². The molecule has 0 aromatic carbocycles. The normalized spacial score (nSPS) is 24.1. The van der Waals surface area contributed by atoms with E-state index in [1.807, 2.05) is 13.8 Å². The highest BCUT2D eigenvalue weighted by atomic mass is 32.2. The third kappa shape index (κ3) is 4.38. The number of nitrogens with two attached hydrogens (primary N) is 1. The molecule has 1 amide bonds. The summed E-state index contributed by atoms with van der Waals surface area (Å²) in [6, 6.07) is -0.676. The number of carboxylic acid groups (broad SMARTS) is 1. The summed E-state index contributed by atoms with van der Waals surface area (Å²) < 4.78 is 0. The van der Waals surface area contributed by atoms with Gasteiger partial charge in [-0.2, -0.15) is 0 Å². The lowest BCUT2D eigenvalue weighted by Gasteiger charge is -2.30. The molecule has 3 atom stereocenters. The molecular weight excluding hydrogens is 276 g/mol. The zero-order valence-electron chi connectivity index (χ0n) is 12.5. The predicted octanol–water partition coefficient (Wildman–Crippen LogP) is 1.76. The fourth-order valence-corrected chi connectivity index (χ4v) is 3.97. The van der Waals surface area contributed by atoms with Crippen molar-refractivity contribution < 1.29 is 14.7 Å². The minimum absolute atomic E-state index is 0.0200. The largest absolute Gasteiger partial charge is 0.480 e. The molecule has 1 fully saturated rings. The van der Waals surface area contributed by atoms with E-state index in [9.17, 15) is 14.7 Å². The Morgan fingerprint density at radius 1 is 1.35 bits per heavy atom. The summed E-state index contributed by atoms with van der Waals surface area (Å²) >= 11 is 1.57. The van der Waals surface area contributed by atoms with Gasteiger partial charge in [0.05, 0.1) is 5.37 Å². The van der Waals surface area contributed by atoms with E-state index < -0.39 is 12.0 Å². The standard InChI is InChI=1S/C14H26N2O3S/c1-9(2)13-16(11(8-20-13)14(18)19)12(17)5-4-10(3)6-7-15/h9-11,13H,4-8,15H2,1-3H3,(H,18,19). The molecule has 3 unspecified atom stereocenters. The third-order valence-electron chi connectivity index (χ3n) is 3.69. The van der Waals surface area contributed by atoms with Crippen molar-refractivity contribution in [3.8, 4) is 0 Å². The minimum atomic E-state index is -0.899. The number of carboxylic acids is 1. The molecule has 0 saturated carbocycles. The van der Waals surface area contributed by atoms with Gasteiger partial charge in [0.25, 0.3) is 0 Å².